The van der Waals surface area contributed by atoms with Crippen LogP contribution in [0.5, 0.6) is 0 Å². The maximum absolute atomic E-state index is 11.0. The first kappa shape index (κ1) is 13.0. The molecule has 0 bridgehead atoms. The molecular weight excluding hydrogens is 242 g/mol. The van der Waals surface area contributed by atoms with Gasteiger partial charge in [0, 0.05) is 18.9 Å². The Bertz CT molecular complexity index is 558. The Balaban J connectivity index is 2.22. The SMILES string of the molecule is CCN(Cc1ccccn1)c1cc(C(=O)O)ccn1. The van der Waals surface area contributed by atoms with E-state index in [0.29, 0.717) is 12.4 Å². The molecular formula is C14H15N3O2. The molecule has 0 fully saturated rings. The molecule has 19 heavy (non-hydrogen) atoms. The van der Waals surface area contributed by atoms with Gasteiger partial charge in [-0.3, -0.25) is 4.98 Å². The maximum atomic E-state index is 11.0. The van der Waals surface area contributed by atoms with Crippen molar-refractivity contribution in [1.29, 1.82) is 0 Å². The van der Waals surface area contributed by atoms with Crippen LogP contribution in [0.15, 0.2) is 42.7 Å². The number of aromatic nitrogens is 2. The molecule has 0 unspecified atom stereocenters. The predicted octanol–water partition coefficient (Wildman–Crippen LogP) is 2.20. The normalized spacial score (nSPS) is 10.2. The Morgan fingerprint density at radius 1 is 1.26 bits per heavy atom. The largest absolute Gasteiger partial charge is 0.478 e. The molecule has 5 nitrogen and oxygen atoms in total. The summed E-state index contributed by atoms with van der Waals surface area (Å²) in [5.41, 5.74) is 1.16. The van der Waals surface area contributed by atoms with E-state index < -0.39 is 5.97 Å². The van der Waals surface area contributed by atoms with Gasteiger partial charge in [-0.1, -0.05) is 6.07 Å². The van der Waals surface area contributed by atoms with Gasteiger partial charge in [-0.25, -0.2) is 9.78 Å². The number of aromatic carboxylic acids is 1. The fourth-order valence-corrected chi connectivity index (χ4v) is 1.77. The highest BCUT2D eigenvalue weighted by Gasteiger charge is 2.10. The molecule has 0 aromatic carbocycles. The number of carbonyl (C=O) groups is 1. The summed E-state index contributed by atoms with van der Waals surface area (Å²) in [7, 11) is 0. The van der Waals surface area contributed by atoms with Crippen LogP contribution >= 0.6 is 0 Å². The minimum atomic E-state index is -0.947. The average Bonchev–Trinajstić information content (AvgIpc) is 2.46. The van der Waals surface area contributed by atoms with Gasteiger partial charge in [0.1, 0.15) is 5.82 Å². The smallest absolute Gasteiger partial charge is 0.335 e. The van der Waals surface area contributed by atoms with Gasteiger partial charge >= 0.3 is 5.97 Å². The maximum Gasteiger partial charge on any atom is 0.335 e. The van der Waals surface area contributed by atoms with Crippen molar-refractivity contribution in [3.63, 3.8) is 0 Å². The summed E-state index contributed by atoms with van der Waals surface area (Å²) in [6.07, 6.45) is 3.25. The first-order chi connectivity index (χ1) is 9.20. The lowest BCUT2D eigenvalue weighted by atomic mass is 10.2. The summed E-state index contributed by atoms with van der Waals surface area (Å²) in [5, 5.41) is 8.99. The van der Waals surface area contributed by atoms with Crippen molar-refractivity contribution in [2.75, 3.05) is 11.4 Å². The van der Waals surface area contributed by atoms with Crippen molar-refractivity contribution in [1.82, 2.24) is 9.97 Å². The van der Waals surface area contributed by atoms with Crippen LogP contribution < -0.4 is 4.90 Å². The highest BCUT2D eigenvalue weighted by atomic mass is 16.4. The molecule has 1 N–H and O–H groups in total. The van der Waals surface area contributed by atoms with E-state index in [0.717, 1.165) is 12.2 Å². The molecule has 0 aliphatic heterocycles. The average molecular weight is 257 g/mol. The molecule has 2 aromatic heterocycles. The number of nitrogens with zero attached hydrogens (tertiary/aromatic N) is 3. The Hall–Kier alpha value is -2.43. The second kappa shape index (κ2) is 5.95. The molecule has 98 valence electrons. The van der Waals surface area contributed by atoms with E-state index in [1.54, 1.807) is 12.3 Å². The quantitative estimate of drug-likeness (QED) is 0.889. The van der Waals surface area contributed by atoms with Gasteiger partial charge in [-0.05, 0) is 31.2 Å². The highest BCUT2D eigenvalue weighted by molar-refractivity contribution is 5.88. The van der Waals surface area contributed by atoms with Crippen molar-refractivity contribution >= 4 is 11.8 Å². The lowest BCUT2D eigenvalue weighted by Gasteiger charge is -2.21. The summed E-state index contributed by atoms with van der Waals surface area (Å²) in [4.78, 5) is 21.4. The molecule has 2 aromatic rings. The van der Waals surface area contributed by atoms with Crippen LogP contribution in [0, 0.1) is 0 Å². The van der Waals surface area contributed by atoms with Gasteiger partial charge in [0.05, 0.1) is 17.8 Å². The zero-order valence-electron chi connectivity index (χ0n) is 10.7. The first-order valence-corrected chi connectivity index (χ1v) is 6.05. The molecule has 2 heterocycles. The van der Waals surface area contributed by atoms with Gasteiger partial charge in [-0.2, -0.15) is 0 Å². The van der Waals surface area contributed by atoms with Gasteiger partial charge in [0.2, 0.25) is 0 Å². The third-order valence-corrected chi connectivity index (χ3v) is 2.78. The molecule has 0 atom stereocenters. The van der Waals surface area contributed by atoms with E-state index in [9.17, 15) is 4.79 Å². The Morgan fingerprint density at radius 2 is 2.11 bits per heavy atom. The van der Waals surface area contributed by atoms with Crippen LogP contribution in [0.2, 0.25) is 0 Å². The molecule has 0 radical (unpaired) electrons. The lowest BCUT2D eigenvalue weighted by molar-refractivity contribution is 0.0697. The summed E-state index contributed by atoms with van der Waals surface area (Å²) in [6.45, 7) is 3.33. The summed E-state index contributed by atoms with van der Waals surface area (Å²) < 4.78 is 0. The molecule has 2 rings (SSSR count). The van der Waals surface area contributed by atoms with Gasteiger partial charge < -0.3 is 10.0 Å². The Labute approximate surface area is 111 Å². The van der Waals surface area contributed by atoms with Crippen LogP contribution in [0.25, 0.3) is 0 Å². The third-order valence-electron chi connectivity index (χ3n) is 2.78. The fourth-order valence-electron chi connectivity index (χ4n) is 1.77. The number of rotatable bonds is 5. The second-order valence-electron chi connectivity index (χ2n) is 4.04. The van der Waals surface area contributed by atoms with E-state index in [4.69, 9.17) is 5.11 Å². The molecule has 0 saturated carbocycles. The monoisotopic (exact) mass is 257 g/mol. The highest BCUT2D eigenvalue weighted by Crippen LogP contribution is 2.15. The van der Waals surface area contributed by atoms with Crippen molar-refractivity contribution in [2.24, 2.45) is 0 Å². The number of carboxylic acid groups (broad SMARTS) is 1. The minimum absolute atomic E-state index is 0.240. The van der Waals surface area contributed by atoms with Crippen LogP contribution in [-0.2, 0) is 6.54 Å². The Morgan fingerprint density at radius 3 is 2.74 bits per heavy atom. The summed E-state index contributed by atoms with van der Waals surface area (Å²) in [5.74, 6) is -0.300. The van der Waals surface area contributed by atoms with Crippen LogP contribution in [0.4, 0.5) is 5.82 Å². The standard InChI is InChI=1S/C14H15N3O2/c1-2-17(10-12-5-3-4-7-15-12)13-9-11(14(18)19)6-8-16-13/h3-9H,2,10H2,1H3,(H,18,19). The molecule has 5 heteroatoms. The minimum Gasteiger partial charge on any atom is -0.478 e. The molecule has 0 saturated heterocycles. The molecule has 0 amide bonds. The number of carboxylic acids is 1. The van der Waals surface area contributed by atoms with Crippen molar-refractivity contribution < 1.29 is 9.90 Å². The van der Waals surface area contributed by atoms with Gasteiger partial charge in [0.15, 0.2) is 0 Å². The van der Waals surface area contributed by atoms with E-state index in [1.807, 2.05) is 30.0 Å². The van der Waals surface area contributed by atoms with E-state index >= 15 is 0 Å². The van der Waals surface area contributed by atoms with E-state index in [1.165, 1.54) is 12.3 Å². The molecule has 0 aliphatic rings. The van der Waals surface area contributed by atoms with Gasteiger partial charge in [-0.15, -0.1) is 0 Å². The number of hydrogen-bond acceptors (Lipinski definition) is 4. The zero-order valence-corrected chi connectivity index (χ0v) is 10.7. The fraction of sp³-hybridized carbons (Fsp3) is 0.214. The van der Waals surface area contributed by atoms with Crippen molar-refractivity contribution in [3.8, 4) is 0 Å². The number of pyridine rings is 2. The Kier molecular flexibility index (Phi) is 4.07. The van der Waals surface area contributed by atoms with Crippen molar-refractivity contribution in [3.05, 3.63) is 54.0 Å². The molecule has 0 spiro atoms. The van der Waals surface area contributed by atoms with E-state index in [2.05, 4.69) is 9.97 Å². The predicted molar refractivity (Wildman–Crippen MR) is 72.2 cm³/mol. The van der Waals surface area contributed by atoms with Gasteiger partial charge in [0.25, 0.3) is 0 Å². The van der Waals surface area contributed by atoms with Crippen LogP contribution in [0.3, 0.4) is 0 Å². The van der Waals surface area contributed by atoms with Crippen LogP contribution in [0.1, 0.15) is 23.0 Å². The first-order valence-electron chi connectivity index (χ1n) is 6.05. The van der Waals surface area contributed by atoms with E-state index in [-0.39, 0.29) is 5.56 Å². The summed E-state index contributed by atoms with van der Waals surface area (Å²) in [6, 6.07) is 8.79. The topological polar surface area (TPSA) is 66.3 Å². The third kappa shape index (κ3) is 3.28. The molecule has 0 aliphatic carbocycles. The summed E-state index contributed by atoms with van der Waals surface area (Å²) >= 11 is 0. The van der Waals surface area contributed by atoms with Crippen LogP contribution in [-0.4, -0.2) is 27.6 Å². The second-order valence-corrected chi connectivity index (χ2v) is 4.04. The lowest BCUT2D eigenvalue weighted by Crippen LogP contribution is -2.23. The zero-order chi connectivity index (χ0) is 13.7. The number of anilines is 1. The number of hydrogen-bond donors (Lipinski definition) is 1. The van der Waals surface area contributed by atoms with Crippen molar-refractivity contribution in [2.45, 2.75) is 13.5 Å².